The van der Waals surface area contributed by atoms with Crippen molar-refractivity contribution in [2.75, 3.05) is 13.1 Å². The Labute approximate surface area is 229 Å². The minimum atomic E-state index is -4.19. The van der Waals surface area contributed by atoms with Crippen molar-refractivity contribution in [3.8, 4) is 0 Å². The topological polar surface area (TPSA) is 119 Å². The quantitative estimate of drug-likeness (QED) is 0.370. The molecule has 0 saturated carbocycles. The number of sulfonamides is 1. The minimum absolute atomic E-state index is 0.0135. The number of alkyl carbamates (subject to hydrolysis) is 1. The van der Waals surface area contributed by atoms with Gasteiger partial charge in [0.15, 0.2) is 0 Å². The van der Waals surface area contributed by atoms with Crippen molar-refractivity contribution in [1.29, 1.82) is 0 Å². The monoisotopic (exact) mass is 559 g/mol. The van der Waals surface area contributed by atoms with Crippen LogP contribution in [0.1, 0.15) is 38.3 Å². The molecule has 3 rings (SSSR count). The Morgan fingerprint density at radius 1 is 1.05 bits per heavy atom. The van der Waals surface area contributed by atoms with Crippen LogP contribution in [0.5, 0.6) is 0 Å². The number of rotatable bonds is 10. The zero-order valence-corrected chi connectivity index (χ0v) is 23.6. The minimum Gasteiger partial charge on any atom is -0.444 e. The molecule has 0 radical (unpaired) electrons. The number of aryl methyl sites for hydroxylation is 1. The van der Waals surface area contributed by atoms with E-state index in [1.165, 1.54) is 0 Å². The molecule has 0 unspecified atom stereocenters. The SMILES string of the molecule is Cc1ccc(S(=O)(=O)N(CCc2cccc(Cl)c2)[C@@H](CCNC(=O)OC(C)(C)C)C(N)=O)c2ccccc12. The van der Waals surface area contributed by atoms with E-state index in [2.05, 4.69) is 5.32 Å². The largest absolute Gasteiger partial charge is 0.444 e. The number of primary amides is 1. The molecule has 2 amide bonds. The lowest BCUT2D eigenvalue weighted by Crippen LogP contribution is -2.50. The van der Waals surface area contributed by atoms with Gasteiger partial charge >= 0.3 is 6.09 Å². The average Bonchev–Trinajstić information content (AvgIpc) is 2.82. The fraction of sp³-hybridized carbons (Fsp3) is 0.357. The zero-order chi connectivity index (χ0) is 28.1. The van der Waals surface area contributed by atoms with Crippen molar-refractivity contribution < 1.29 is 22.7 Å². The summed E-state index contributed by atoms with van der Waals surface area (Å²) in [4.78, 5) is 24.9. The molecule has 0 bridgehead atoms. The van der Waals surface area contributed by atoms with Crippen molar-refractivity contribution in [2.24, 2.45) is 5.73 Å². The van der Waals surface area contributed by atoms with Crippen LogP contribution in [-0.4, -0.2) is 49.5 Å². The van der Waals surface area contributed by atoms with Gasteiger partial charge in [-0.05, 0) is 75.2 Å². The number of halogens is 1. The Morgan fingerprint density at radius 3 is 2.37 bits per heavy atom. The second-order valence-electron chi connectivity index (χ2n) is 10.1. The maximum atomic E-state index is 14.2. The summed E-state index contributed by atoms with van der Waals surface area (Å²) in [7, 11) is -4.19. The van der Waals surface area contributed by atoms with Crippen molar-refractivity contribution in [1.82, 2.24) is 9.62 Å². The van der Waals surface area contributed by atoms with Crippen LogP contribution in [-0.2, 0) is 26.0 Å². The third-order valence-corrected chi connectivity index (χ3v) is 8.16. The normalized spacial score (nSPS) is 12.9. The number of nitrogens with two attached hydrogens (primary N) is 1. The van der Waals surface area contributed by atoms with Crippen LogP contribution in [0.25, 0.3) is 10.8 Å². The van der Waals surface area contributed by atoms with Crippen LogP contribution in [0, 0.1) is 6.92 Å². The lowest BCUT2D eigenvalue weighted by atomic mass is 10.1. The molecule has 0 saturated heterocycles. The number of benzene rings is 3. The van der Waals surface area contributed by atoms with E-state index in [9.17, 15) is 18.0 Å². The number of fused-ring (bicyclic) bond motifs is 1. The van der Waals surface area contributed by atoms with Crippen LogP contribution < -0.4 is 11.1 Å². The summed E-state index contributed by atoms with van der Waals surface area (Å²) in [5.41, 5.74) is 6.78. The number of hydrogen-bond donors (Lipinski definition) is 2. The van der Waals surface area contributed by atoms with Gasteiger partial charge in [-0.3, -0.25) is 4.79 Å². The summed E-state index contributed by atoms with van der Waals surface area (Å²) in [5.74, 6) is -0.818. The number of carbonyl (C=O) groups excluding carboxylic acids is 2. The van der Waals surface area contributed by atoms with E-state index < -0.39 is 33.7 Å². The van der Waals surface area contributed by atoms with Crippen LogP contribution in [0.15, 0.2) is 65.6 Å². The van der Waals surface area contributed by atoms with Gasteiger partial charge in [0.25, 0.3) is 0 Å². The summed E-state index contributed by atoms with van der Waals surface area (Å²) >= 11 is 6.12. The molecule has 0 aliphatic carbocycles. The molecule has 1 atom stereocenters. The molecule has 3 aromatic carbocycles. The van der Waals surface area contributed by atoms with E-state index in [0.29, 0.717) is 16.8 Å². The first-order valence-electron chi connectivity index (χ1n) is 12.3. The highest BCUT2D eigenvalue weighted by molar-refractivity contribution is 7.89. The molecule has 0 spiro atoms. The second-order valence-corrected chi connectivity index (χ2v) is 12.4. The molecule has 204 valence electrons. The molecule has 3 aromatic rings. The van der Waals surface area contributed by atoms with E-state index in [0.717, 1.165) is 20.8 Å². The molecular formula is C28H34ClN3O5S. The summed E-state index contributed by atoms with van der Waals surface area (Å²) in [5, 5.41) is 4.45. The fourth-order valence-electron chi connectivity index (χ4n) is 4.20. The van der Waals surface area contributed by atoms with Crippen molar-refractivity contribution >= 4 is 44.4 Å². The first kappa shape index (κ1) is 29.4. The molecule has 3 N–H and O–H groups in total. The summed E-state index contributed by atoms with van der Waals surface area (Å²) < 4.78 is 34.7. The molecule has 8 nitrogen and oxygen atoms in total. The molecule has 0 fully saturated rings. The lowest BCUT2D eigenvalue weighted by Gasteiger charge is -2.30. The number of ether oxygens (including phenoxy) is 1. The average molecular weight is 560 g/mol. The second kappa shape index (κ2) is 12.1. The van der Waals surface area contributed by atoms with Crippen molar-refractivity contribution in [3.63, 3.8) is 0 Å². The Bertz CT molecular complexity index is 1420. The summed E-state index contributed by atoms with van der Waals surface area (Å²) in [6, 6.07) is 16.4. The molecule has 0 aliphatic heterocycles. The number of carbonyl (C=O) groups is 2. The molecule has 0 aromatic heterocycles. The zero-order valence-electron chi connectivity index (χ0n) is 22.0. The van der Waals surface area contributed by atoms with E-state index in [1.54, 1.807) is 63.2 Å². The van der Waals surface area contributed by atoms with Crippen LogP contribution in [0.3, 0.4) is 0 Å². The number of hydrogen-bond acceptors (Lipinski definition) is 5. The molecular weight excluding hydrogens is 526 g/mol. The van der Waals surface area contributed by atoms with Gasteiger partial charge < -0.3 is 15.8 Å². The van der Waals surface area contributed by atoms with Crippen molar-refractivity contribution in [3.05, 3.63) is 76.8 Å². The Hall–Kier alpha value is -3.14. The van der Waals surface area contributed by atoms with Gasteiger partial charge in [0, 0.05) is 23.5 Å². The predicted octanol–water partition coefficient (Wildman–Crippen LogP) is 4.80. The van der Waals surface area contributed by atoms with Crippen molar-refractivity contribution in [2.45, 2.75) is 57.1 Å². The van der Waals surface area contributed by atoms with E-state index in [1.807, 2.05) is 25.1 Å². The van der Waals surface area contributed by atoms with Gasteiger partial charge in [-0.1, -0.05) is 54.1 Å². The van der Waals surface area contributed by atoms with Gasteiger partial charge in [0.2, 0.25) is 15.9 Å². The highest BCUT2D eigenvalue weighted by atomic mass is 35.5. The van der Waals surface area contributed by atoms with Gasteiger partial charge in [0.1, 0.15) is 11.6 Å². The fourth-order valence-corrected chi connectivity index (χ4v) is 6.24. The highest BCUT2D eigenvalue weighted by Crippen LogP contribution is 2.30. The van der Waals surface area contributed by atoms with Crippen LogP contribution in [0.4, 0.5) is 4.79 Å². The van der Waals surface area contributed by atoms with E-state index in [-0.39, 0.29) is 24.4 Å². The molecule has 0 heterocycles. The maximum Gasteiger partial charge on any atom is 0.407 e. The predicted molar refractivity (Wildman–Crippen MR) is 150 cm³/mol. The van der Waals surface area contributed by atoms with Gasteiger partial charge in [-0.15, -0.1) is 0 Å². The van der Waals surface area contributed by atoms with Crippen LogP contribution >= 0.6 is 11.6 Å². The molecule has 10 heteroatoms. The highest BCUT2D eigenvalue weighted by Gasteiger charge is 2.35. The maximum absolute atomic E-state index is 14.2. The van der Waals surface area contributed by atoms with E-state index in [4.69, 9.17) is 22.1 Å². The first-order valence-corrected chi connectivity index (χ1v) is 14.1. The number of nitrogens with zero attached hydrogens (tertiary/aromatic N) is 1. The third kappa shape index (κ3) is 7.46. The summed E-state index contributed by atoms with van der Waals surface area (Å²) in [6.45, 7) is 7.06. The van der Waals surface area contributed by atoms with Crippen LogP contribution in [0.2, 0.25) is 5.02 Å². The Kier molecular flexibility index (Phi) is 9.40. The van der Waals surface area contributed by atoms with Gasteiger partial charge in [-0.2, -0.15) is 4.31 Å². The Morgan fingerprint density at radius 2 is 1.74 bits per heavy atom. The number of nitrogens with one attached hydrogen (secondary N) is 1. The smallest absolute Gasteiger partial charge is 0.407 e. The van der Waals surface area contributed by atoms with Gasteiger partial charge in [-0.25, -0.2) is 13.2 Å². The van der Waals surface area contributed by atoms with Gasteiger partial charge in [0.05, 0.1) is 4.90 Å². The lowest BCUT2D eigenvalue weighted by molar-refractivity contribution is -0.121. The standard InChI is InChI=1S/C28H34ClN3O5S/c1-19-12-13-25(23-11-6-5-10-22(19)23)38(35,36)32(17-15-20-8-7-9-21(29)18-20)24(26(30)33)14-16-31-27(34)37-28(2,3)4/h5-13,18,24H,14-17H2,1-4H3,(H2,30,33)(H,31,34)/t24-/m0/s1. The first-order chi connectivity index (χ1) is 17.8. The molecule has 38 heavy (non-hydrogen) atoms. The van der Waals surface area contributed by atoms with E-state index >= 15 is 0 Å². The Balaban J connectivity index is 1.98. The molecule has 0 aliphatic rings. The third-order valence-electron chi connectivity index (χ3n) is 5.96. The number of amides is 2. The summed E-state index contributed by atoms with van der Waals surface area (Å²) in [6.07, 6.45) is -0.404.